The van der Waals surface area contributed by atoms with Crippen LogP contribution in [0.3, 0.4) is 0 Å². The largest absolute Gasteiger partial charge is 0.403 e. The van der Waals surface area contributed by atoms with Crippen LogP contribution >= 0.6 is 0 Å². The van der Waals surface area contributed by atoms with Crippen molar-refractivity contribution < 1.29 is 26.3 Å². The summed E-state index contributed by atoms with van der Waals surface area (Å²) < 4.78 is 74.0. The maximum absolute atomic E-state index is 12.3. The molecule has 0 amide bonds. The molecular weight excluding hydrogens is 210 g/mol. The van der Waals surface area contributed by atoms with E-state index < -0.39 is 30.6 Å². The standard InChI is InChI=1S/C8H12F6/c1-3-5-6(4-2,7(9,10)11)8(12,13)14/h3-5H2,1-2H3. The van der Waals surface area contributed by atoms with Gasteiger partial charge in [0.25, 0.3) is 0 Å². The number of halogens is 6. The number of hydrogen-bond donors (Lipinski definition) is 0. The van der Waals surface area contributed by atoms with Crippen LogP contribution in [-0.4, -0.2) is 12.4 Å². The Labute approximate surface area is 78.3 Å². The summed E-state index contributed by atoms with van der Waals surface area (Å²) in [6.45, 7) is 2.22. The van der Waals surface area contributed by atoms with Crippen LogP contribution in [0.4, 0.5) is 26.3 Å². The summed E-state index contributed by atoms with van der Waals surface area (Å²) in [4.78, 5) is 0. The molecule has 14 heavy (non-hydrogen) atoms. The van der Waals surface area contributed by atoms with Crippen LogP contribution in [0.2, 0.25) is 0 Å². The fourth-order valence-corrected chi connectivity index (χ4v) is 1.45. The van der Waals surface area contributed by atoms with Gasteiger partial charge < -0.3 is 0 Å². The zero-order valence-corrected chi connectivity index (χ0v) is 7.89. The minimum absolute atomic E-state index is 0.146. The lowest BCUT2D eigenvalue weighted by atomic mass is 9.79. The zero-order valence-electron chi connectivity index (χ0n) is 7.89. The quantitative estimate of drug-likeness (QED) is 0.624. The molecule has 0 aliphatic heterocycles. The Morgan fingerprint density at radius 2 is 1.14 bits per heavy atom. The van der Waals surface area contributed by atoms with Crippen molar-refractivity contribution in [1.29, 1.82) is 0 Å². The Morgan fingerprint density at radius 1 is 0.786 bits per heavy atom. The maximum Gasteiger partial charge on any atom is 0.403 e. The molecule has 0 unspecified atom stereocenters. The molecular formula is C8H12F6. The van der Waals surface area contributed by atoms with Gasteiger partial charge in [0, 0.05) is 0 Å². The molecule has 0 fully saturated rings. The molecule has 0 aliphatic carbocycles. The first-order chi connectivity index (χ1) is 6.12. The third-order valence-electron chi connectivity index (χ3n) is 2.37. The Hall–Kier alpha value is -0.420. The second-order valence-electron chi connectivity index (χ2n) is 3.18. The number of rotatable bonds is 3. The van der Waals surface area contributed by atoms with Gasteiger partial charge in [0.15, 0.2) is 5.41 Å². The van der Waals surface area contributed by atoms with Crippen LogP contribution in [0, 0.1) is 5.41 Å². The summed E-state index contributed by atoms with van der Waals surface area (Å²) >= 11 is 0. The maximum atomic E-state index is 12.3. The molecule has 0 aromatic heterocycles. The molecule has 0 saturated carbocycles. The minimum atomic E-state index is -5.23. The average molecular weight is 222 g/mol. The summed E-state index contributed by atoms with van der Waals surface area (Å²) in [5.41, 5.74) is -3.53. The van der Waals surface area contributed by atoms with Crippen molar-refractivity contribution in [3.63, 3.8) is 0 Å². The van der Waals surface area contributed by atoms with Crippen LogP contribution in [-0.2, 0) is 0 Å². The summed E-state index contributed by atoms with van der Waals surface area (Å²) in [7, 11) is 0. The van der Waals surface area contributed by atoms with E-state index in [4.69, 9.17) is 0 Å². The van der Waals surface area contributed by atoms with Crippen LogP contribution < -0.4 is 0 Å². The second kappa shape index (κ2) is 3.98. The molecule has 0 N–H and O–H groups in total. The van der Waals surface area contributed by atoms with Crippen molar-refractivity contribution in [3.05, 3.63) is 0 Å². The van der Waals surface area contributed by atoms with Crippen molar-refractivity contribution in [2.24, 2.45) is 5.41 Å². The lowest BCUT2D eigenvalue weighted by Gasteiger charge is -2.36. The van der Waals surface area contributed by atoms with Gasteiger partial charge in [-0.1, -0.05) is 20.3 Å². The molecule has 0 aromatic rings. The molecule has 0 nitrogen and oxygen atoms in total. The zero-order chi connectivity index (χ0) is 11.6. The Morgan fingerprint density at radius 3 is 1.21 bits per heavy atom. The Kier molecular flexibility index (Phi) is 3.86. The smallest absolute Gasteiger partial charge is 0.170 e. The average Bonchev–Trinajstić information content (AvgIpc) is 1.94. The Balaban J connectivity index is 5.21. The van der Waals surface area contributed by atoms with E-state index in [-0.39, 0.29) is 6.42 Å². The SMILES string of the molecule is CCCC(CC)(C(F)(F)F)C(F)(F)F. The molecule has 6 heteroatoms. The van der Waals surface area contributed by atoms with Crippen molar-refractivity contribution in [1.82, 2.24) is 0 Å². The first-order valence-corrected chi connectivity index (χ1v) is 4.26. The van der Waals surface area contributed by atoms with Crippen molar-refractivity contribution in [2.75, 3.05) is 0 Å². The van der Waals surface area contributed by atoms with E-state index >= 15 is 0 Å². The first-order valence-electron chi connectivity index (χ1n) is 4.26. The van der Waals surface area contributed by atoms with Crippen LogP contribution in [0.1, 0.15) is 33.1 Å². The summed E-state index contributed by atoms with van der Waals surface area (Å²) in [5, 5.41) is 0. The lowest BCUT2D eigenvalue weighted by molar-refractivity contribution is -0.344. The van der Waals surface area contributed by atoms with E-state index in [1.807, 2.05) is 0 Å². The van der Waals surface area contributed by atoms with Gasteiger partial charge in [0.05, 0.1) is 0 Å². The molecule has 0 bridgehead atoms. The fourth-order valence-electron chi connectivity index (χ4n) is 1.45. The molecule has 0 atom stereocenters. The van der Waals surface area contributed by atoms with E-state index in [0.717, 1.165) is 6.92 Å². The molecule has 0 rings (SSSR count). The van der Waals surface area contributed by atoms with Gasteiger partial charge in [-0.25, -0.2) is 0 Å². The van der Waals surface area contributed by atoms with Gasteiger partial charge in [0.1, 0.15) is 0 Å². The van der Waals surface area contributed by atoms with Crippen LogP contribution in [0.15, 0.2) is 0 Å². The molecule has 0 heterocycles. The number of hydrogen-bond acceptors (Lipinski definition) is 0. The highest BCUT2D eigenvalue weighted by atomic mass is 19.4. The van der Waals surface area contributed by atoms with Gasteiger partial charge in [-0.2, -0.15) is 26.3 Å². The van der Waals surface area contributed by atoms with Crippen molar-refractivity contribution in [2.45, 2.75) is 45.5 Å². The summed E-state index contributed by atoms with van der Waals surface area (Å²) in [6.07, 6.45) is -12.5. The normalized spacial score (nSPS) is 14.6. The Bertz CT molecular complexity index is 163. The highest BCUT2D eigenvalue weighted by Gasteiger charge is 2.68. The van der Waals surface area contributed by atoms with Gasteiger partial charge in [-0.3, -0.25) is 0 Å². The number of alkyl halides is 6. The molecule has 0 saturated heterocycles. The molecule has 0 spiro atoms. The predicted octanol–water partition coefficient (Wildman–Crippen LogP) is 4.31. The summed E-state index contributed by atoms with van der Waals surface area (Å²) in [5.74, 6) is 0. The van der Waals surface area contributed by atoms with E-state index in [2.05, 4.69) is 0 Å². The van der Waals surface area contributed by atoms with Gasteiger partial charge in [-0.05, 0) is 12.8 Å². The van der Waals surface area contributed by atoms with Gasteiger partial charge in [-0.15, -0.1) is 0 Å². The van der Waals surface area contributed by atoms with E-state index in [1.54, 1.807) is 0 Å². The first kappa shape index (κ1) is 13.6. The van der Waals surface area contributed by atoms with Gasteiger partial charge in [0.2, 0.25) is 0 Å². The van der Waals surface area contributed by atoms with Crippen molar-refractivity contribution >= 4 is 0 Å². The molecule has 86 valence electrons. The summed E-state index contributed by atoms with van der Waals surface area (Å²) in [6, 6.07) is 0. The molecule has 0 aromatic carbocycles. The highest BCUT2D eigenvalue weighted by molar-refractivity contribution is 4.91. The molecule has 0 aliphatic rings. The predicted molar refractivity (Wildman–Crippen MR) is 39.7 cm³/mol. The van der Waals surface area contributed by atoms with E-state index in [0.29, 0.717) is 0 Å². The van der Waals surface area contributed by atoms with Crippen molar-refractivity contribution in [3.8, 4) is 0 Å². The minimum Gasteiger partial charge on any atom is -0.170 e. The van der Waals surface area contributed by atoms with Crippen LogP contribution in [0.25, 0.3) is 0 Å². The third-order valence-corrected chi connectivity index (χ3v) is 2.37. The monoisotopic (exact) mass is 222 g/mol. The van der Waals surface area contributed by atoms with Crippen LogP contribution in [0.5, 0.6) is 0 Å². The third kappa shape index (κ3) is 2.15. The highest BCUT2D eigenvalue weighted by Crippen LogP contribution is 2.55. The van der Waals surface area contributed by atoms with E-state index in [1.165, 1.54) is 6.92 Å². The second-order valence-corrected chi connectivity index (χ2v) is 3.18. The van der Waals surface area contributed by atoms with E-state index in [9.17, 15) is 26.3 Å². The van der Waals surface area contributed by atoms with Gasteiger partial charge >= 0.3 is 12.4 Å². The topological polar surface area (TPSA) is 0 Å². The molecule has 0 radical (unpaired) electrons. The lowest BCUT2D eigenvalue weighted by Crippen LogP contribution is -2.49. The fraction of sp³-hybridized carbons (Fsp3) is 1.00.